The summed E-state index contributed by atoms with van der Waals surface area (Å²) in [5, 5.41) is 0.725. The van der Waals surface area contributed by atoms with E-state index in [-0.39, 0.29) is 0 Å². The van der Waals surface area contributed by atoms with Crippen molar-refractivity contribution in [1.82, 2.24) is 0 Å². The minimum absolute atomic E-state index is 0.357. The number of hydrogen-bond acceptors (Lipinski definition) is 2. The molecular formula is C16H14ClNO. The van der Waals surface area contributed by atoms with Crippen molar-refractivity contribution in [3.63, 3.8) is 0 Å². The first-order chi connectivity index (χ1) is 9.28. The summed E-state index contributed by atoms with van der Waals surface area (Å²) in [4.78, 5) is 0. The summed E-state index contributed by atoms with van der Waals surface area (Å²) in [6.07, 6.45) is 0. The van der Waals surface area contributed by atoms with Crippen molar-refractivity contribution >= 4 is 11.6 Å². The molecule has 0 fully saturated rings. The summed E-state index contributed by atoms with van der Waals surface area (Å²) in [7, 11) is 0. The molecule has 3 heteroatoms. The van der Waals surface area contributed by atoms with Crippen molar-refractivity contribution in [2.24, 2.45) is 5.73 Å². The van der Waals surface area contributed by atoms with Gasteiger partial charge in [-0.3, -0.25) is 0 Å². The topological polar surface area (TPSA) is 35.2 Å². The van der Waals surface area contributed by atoms with Crippen molar-refractivity contribution in [3.8, 4) is 17.6 Å². The summed E-state index contributed by atoms with van der Waals surface area (Å²) in [5.74, 6) is 6.59. The Labute approximate surface area is 118 Å². The monoisotopic (exact) mass is 271 g/mol. The lowest BCUT2D eigenvalue weighted by atomic mass is 10.2. The van der Waals surface area contributed by atoms with E-state index < -0.39 is 0 Å². The number of hydrogen-bond donors (Lipinski definition) is 1. The molecule has 0 atom stereocenters. The minimum Gasteiger partial charge on any atom is -0.489 e. The van der Waals surface area contributed by atoms with Crippen LogP contribution in [0.5, 0.6) is 5.75 Å². The van der Waals surface area contributed by atoms with Crippen LogP contribution in [0.3, 0.4) is 0 Å². The van der Waals surface area contributed by atoms with Crippen LogP contribution in [-0.2, 0) is 6.61 Å². The van der Waals surface area contributed by atoms with Crippen LogP contribution in [0.15, 0.2) is 48.5 Å². The van der Waals surface area contributed by atoms with E-state index in [1.165, 1.54) is 0 Å². The van der Waals surface area contributed by atoms with E-state index in [9.17, 15) is 0 Å². The molecule has 2 aromatic rings. The number of rotatable bonds is 3. The molecule has 0 aliphatic heterocycles. The first kappa shape index (κ1) is 13.5. The van der Waals surface area contributed by atoms with Crippen molar-refractivity contribution in [1.29, 1.82) is 0 Å². The van der Waals surface area contributed by atoms with Crippen LogP contribution in [0.2, 0.25) is 5.02 Å². The maximum atomic E-state index is 5.83. The summed E-state index contributed by atoms with van der Waals surface area (Å²) in [5.41, 5.74) is 7.32. The SMILES string of the molecule is NCC#Cc1cccc(OCc2ccc(Cl)cc2)c1. The Kier molecular flexibility index (Phi) is 4.85. The normalized spacial score (nSPS) is 9.58. The molecule has 96 valence electrons. The second-order valence-corrected chi connectivity index (χ2v) is 4.39. The fourth-order valence-corrected chi connectivity index (χ4v) is 1.69. The maximum Gasteiger partial charge on any atom is 0.121 e. The van der Waals surface area contributed by atoms with Gasteiger partial charge in [-0.2, -0.15) is 0 Å². The lowest BCUT2D eigenvalue weighted by Crippen LogP contribution is -1.95. The Morgan fingerprint density at radius 1 is 1.11 bits per heavy atom. The van der Waals surface area contributed by atoms with E-state index in [2.05, 4.69) is 11.8 Å². The lowest BCUT2D eigenvalue weighted by Gasteiger charge is -2.06. The summed E-state index contributed by atoms with van der Waals surface area (Å²) in [6.45, 7) is 0.862. The average Bonchev–Trinajstić information content (AvgIpc) is 2.45. The maximum absolute atomic E-state index is 5.83. The molecule has 0 bridgehead atoms. The van der Waals surface area contributed by atoms with Crippen LogP contribution in [0.4, 0.5) is 0 Å². The third kappa shape index (κ3) is 4.33. The Balaban J connectivity index is 2.01. The standard InChI is InChI=1S/C16H14ClNO/c17-15-8-6-14(7-9-15)12-19-16-5-1-3-13(11-16)4-2-10-18/h1,3,5-9,11H,10,12,18H2. The zero-order chi connectivity index (χ0) is 13.5. The molecule has 2 rings (SSSR count). The van der Waals surface area contributed by atoms with Crippen molar-refractivity contribution in [3.05, 3.63) is 64.7 Å². The largest absolute Gasteiger partial charge is 0.489 e. The molecule has 0 spiro atoms. The van der Waals surface area contributed by atoms with E-state index in [1.807, 2.05) is 48.5 Å². The van der Waals surface area contributed by atoms with Gasteiger partial charge in [0.1, 0.15) is 12.4 Å². The van der Waals surface area contributed by atoms with E-state index in [0.29, 0.717) is 13.2 Å². The Morgan fingerprint density at radius 2 is 1.89 bits per heavy atom. The van der Waals surface area contributed by atoms with Crippen LogP contribution in [-0.4, -0.2) is 6.54 Å². The Hall–Kier alpha value is -1.95. The average molecular weight is 272 g/mol. The molecule has 0 amide bonds. The molecule has 0 saturated heterocycles. The van der Waals surface area contributed by atoms with Gasteiger partial charge in [-0.15, -0.1) is 0 Å². The second-order valence-electron chi connectivity index (χ2n) is 3.95. The summed E-state index contributed by atoms with van der Waals surface area (Å²) in [6, 6.07) is 15.2. The summed E-state index contributed by atoms with van der Waals surface area (Å²) >= 11 is 5.83. The second kappa shape index (κ2) is 6.84. The number of nitrogens with two attached hydrogens (primary N) is 1. The third-order valence-electron chi connectivity index (χ3n) is 2.49. The van der Waals surface area contributed by atoms with Gasteiger partial charge in [0, 0.05) is 10.6 Å². The zero-order valence-electron chi connectivity index (χ0n) is 10.4. The zero-order valence-corrected chi connectivity index (χ0v) is 11.2. The van der Waals surface area contributed by atoms with Gasteiger partial charge in [-0.25, -0.2) is 0 Å². The molecule has 0 aliphatic rings. The highest BCUT2D eigenvalue weighted by Crippen LogP contribution is 2.16. The van der Waals surface area contributed by atoms with Gasteiger partial charge < -0.3 is 10.5 Å². The Morgan fingerprint density at radius 3 is 2.63 bits per heavy atom. The number of ether oxygens (including phenoxy) is 1. The van der Waals surface area contributed by atoms with Gasteiger partial charge >= 0.3 is 0 Å². The predicted octanol–water partition coefficient (Wildman–Crippen LogP) is 3.23. The van der Waals surface area contributed by atoms with Crippen LogP contribution >= 0.6 is 11.6 Å². The van der Waals surface area contributed by atoms with E-state index in [0.717, 1.165) is 21.9 Å². The van der Waals surface area contributed by atoms with Crippen LogP contribution < -0.4 is 10.5 Å². The van der Waals surface area contributed by atoms with Gasteiger partial charge in [-0.1, -0.05) is 41.6 Å². The van der Waals surface area contributed by atoms with Gasteiger partial charge in [-0.05, 0) is 35.9 Å². The molecule has 19 heavy (non-hydrogen) atoms. The van der Waals surface area contributed by atoms with Gasteiger partial charge in [0.2, 0.25) is 0 Å². The smallest absolute Gasteiger partial charge is 0.121 e. The molecular weight excluding hydrogens is 258 g/mol. The van der Waals surface area contributed by atoms with Gasteiger partial charge in [0.05, 0.1) is 6.54 Å². The van der Waals surface area contributed by atoms with Gasteiger partial charge in [0.15, 0.2) is 0 Å². The fraction of sp³-hybridized carbons (Fsp3) is 0.125. The fourth-order valence-electron chi connectivity index (χ4n) is 1.56. The molecule has 2 aromatic carbocycles. The first-order valence-electron chi connectivity index (χ1n) is 5.94. The van der Waals surface area contributed by atoms with Crippen molar-refractivity contribution in [2.45, 2.75) is 6.61 Å². The summed E-state index contributed by atoms with van der Waals surface area (Å²) < 4.78 is 5.71. The molecule has 0 heterocycles. The van der Waals surface area contributed by atoms with E-state index >= 15 is 0 Å². The van der Waals surface area contributed by atoms with Crippen molar-refractivity contribution < 1.29 is 4.74 Å². The van der Waals surface area contributed by atoms with Crippen molar-refractivity contribution in [2.75, 3.05) is 6.54 Å². The molecule has 0 radical (unpaired) electrons. The molecule has 0 saturated carbocycles. The molecule has 2 N–H and O–H groups in total. The van der Waals surface area contributed by atoms with Gasteiger partial charge in [0.25, 0.3) is 0 Å². The highest BCUT2D eigenvalue weighted by Gasteiger charge is 1.97. The number of halogens is 1. The lowest BCUT2D eigenvalue weighted by molar-refractivity contribution is 0.306. The molecule has 0 aliphatic carbocycles. The quantitative estimate of drug-likeness (QED) is 0.870. The minimum atomic E-state index is 0.357. The molecule has 0 aromatic heterocycles. The third-order valence-corrected chi connectivity index (χ3v) is 2.74. The van der Waals surface area contributed by atoms with Crippen LogP contribution in [0.25, 0.3) is 0 Å². The highest BCUT2D eigenvalue weighted by atomic mass is 35.5. The Bertz CT molecular complexity index is 596. The predicted molar refractivity (Wildman–Crippen MR) is 78.2 cm³/mol. The van der Waals surface area contributed by atoms with E-state index in [1.54, 1.807) is 0 Å². The highest BCUT2D eigenvalue weighted by molar-refractivity contribution is 6.30. The van der Waals surface area contributed by atoms with Crippen LogP contribution in [0, 0.1) is 11.8 Å². The van der Waals surface area contributed by atoms with Crippen LogP contribution in [0.1, 0.15) is 11.1 Å². The molecule has 2 nitrogen and oxygen atoms in total. The van der Waals surface area contributed by atoms with E-state index in [4.69, 9.17) is 22.1 Å². The first-order valence-corrected chi connectivity index (χ1v) is 6.32. The number of benzene rings is 2. The molecule has 0 unspecified atom stereocenters.